The van der Waals surface area contributed by atoms with Crippen LogP contribution in [0, 0.1) is 5.92 Å². The third-order valence-electron chi connectivity index (χ3n) is 13.8. The van der Waals surface area contributed by atoms with Crippen molar-refractivity contribution in [3.05, 3.63) is 173 Å². The summed E-state index contributed by atoms with van der Waals surface area (Å²) in [5, 5.41) is 23.1. The summed E-state index contributed by atoms with van der Waals surface area (Å²) >= 11 is 6.82. The zero-order valence-electron chi connectivity index (χ0n) is 35.6. The van der Waals surface area contributed by atoms with Crippen molar-refractivity contribution >= 4 is 64.5 Å². The Hall–Kier alpha value is -6.11. The first-order valence-corrected chi connectivity index (χ1v) is 24.9. The van der Waals surface area contributed by atoms with E-state index in [1.54, 1.807) is 12.0 Å². The van der Waals surface area contributed by atoms with Crippen LogP contribution in [0.2, 0.25) is 23.7 Å². The lowest BCUT2D eigenvalue weighted by atomic mass is 9.82. The Morgan fingerprint density at radius 3 is 2.41 bits per heavy atom. The molecule has 1 unspecified atom stereocenters. The van der Waals surface area contributed by atoms with Crippen molar-refractivity contribution in [2.24, 2.45) is 5.92 Å². The van der Waals surface area contributed by atoms with E-state index < -0.39 is 13.7 Å². The van der Waals surface area contributed by atoms with E-state index in [2.05, 4.69) is 42.5 Å². The smallest absolute Gasteiger partial charge is 0.264 e. The number of aliphatic hydroxyl groups is 1. The van der Waals surface area contributed by atoms with Gasteiger partial charge in [0.15, 0.2) is 5.60 Å². The van der Waals surface area contributed by atoms with Crippen molar-refractivity contribution in [2.75, 3.05) is 23.5 Å². The number of nitrogens with zero attached hydrogens (tertiary/aromatic N) is 5. The van der Waals surface area contributed by atoms with Crippen LogP contribution in [0.15, 0.2) is 140 Å². The molecule has 318 valence electrons. The fourth-order valence-electron chi connectivity index (χ4n) is 10.8. The van der Waals surface area contributed by atoms with Crippen LogP contribution in [0.25, 0.3) is 10.8 Å². The highest BCUT2D eigenvalue weighted by Gasteiger charge is 2.66. The number of ether oxygens (including phenoxy) is 2. The van der Waals surface area contributed by atoms with Gasteiger partial charge in [0, 0.05) is 40.3 Å². The number of aromatic nitrogens is 3. The molecule has 1 fully saturated rings. The van der Waals surface area contributed by atoms with Gasteiger partial charge in [0.05, 0.1) is 63.0 Å². The van der Waals surface area contributed by atoms with E-state index in [0.29, 0.717) is 29.2 Å². The van der Waals surface area contributed by atoms with Gasteiger partial charge in [-0.25, -0.2) is 0 Å². The average molecular weight is 875 g/mol. The number of aryl methyl sites for hydroxylation is 1. The Morgan fingerprint density at radius 2 is 1.65 bits per heavy atom. The maximum Gasteiger partial charge on any atom is 0.264 e. The van der Waals surface area contributed by atoms with Gasteiger partial charge in [0.2, 0.25) is 0 Å². The number of anilines is 3. The molecular weight excluding hydrogens is 826 g/mol. The maximum atomic E-state index is 15.6. The molecule has 0 aliphatic carbocycles. The van der Waals surface area contributed by atoms with Crippen LogP contribution in [0.4, 0.5) is 17.1 Å². The summed E-state index contributed by atoms with van der Waals surface area (Å²) in [6.45, 7) is 7.57. The van der Waals surface area contributed by atoms with Crippen LogP contribution in [-0.2, 0) is 28.2 Å². The van der Waals surface area contributed by atoms with Gasteiger partial charge in [0.25, 0.3) is 11.8 Å². The molecule has 3 aliphatic heterocycles. The van der Waals surface area contributed by atoms with Crippen molar-refractivity contribution in [3.8, 4) is 5.75 Å². The molecule has 1 aromatic heterocycles. The minimum absolute atomic E-state index is 0.00650. The minimum Gasteiger partial charge on any atom is -0.497 e. The first-order chi connectivity index (χ1) is 30.5. The van der Waals surface area contributed by atoms with Crippen molar-refractivity contribution in [1.29, 1.82) is 0 Å². The maximum absolute atomic E-state index is 15.6. The molecule has 12 heteroatoms. The van der Waals surface area contributed by atoms with Crippen LogP contribution in [0.3, 0.4) is 0 Å². The molecule has 10 nitrogen and oxygen atoms in total. The molecule has 7 aromatic rings. The molecular formula is C51H48ClN5O5Si. The third-order valence-corrected chi connectivity index (χ3v) is 18.4. The van der Waals surface area contributed by atoms with Gasteiger partial charge >= 0.3 is 0 Å². The van der Waals surface area contributed by atoms with Crippen LogP contribution in [0.1, 0.15) is 52.0 Å². The molecule has 1 spiro atoms. The van der Waals surface area contributed by atoms with Crippen LogP contribution in [0.5, 0.6) is 5.75 Å². The highest BCUT2D eigenvalue weighted by molar-refractivity contribution is 6.91. The molecule has 1 saturated heterocycles. The van der Waals surface area contributed by atoms with Crippen LogP contribution >= 0.6 is 11.6 Å². The number of amides is 2. The highest BCUT2D eigenvalue weighted by atomic mass is 35.5. The number of carbonyl (C=O) groups is 2. The number of methoxy groups -OCH3 is 1. The molecule has 0 radical (unpaired) electrons. The minimum atomic E-state index is -2.44. The largest absolute Gasteiger partial charge is 0.497 e. The molecule has 0 saturated carbocycles. The molecule has 6 aromatic carbocycles. The van der Waals surface area contributed by atoms with E-state index >= 15 is 4.79 Å². The zero-order valence-corrected chi connectivity index (χ0v) is 37.4. The molecule has 5 atom stereocenters. The first-order valence-electron chi connectivity index (χ1n) is 21.5. The fourth-order valence-corrected chi connectivity index (χ4v) is 15.0. The van der Waals surface area contributed by atoms with Crippen molar-refractivity contribution in [2.45, 2.75) is 62.7 Å². The summed E-state index contributed by atoms with van der Waals surface area (Å²) in [6, 6.07) is 43.6. The van der Waals surface area contributed by atoms with Crippen molar-refractivity contribution < 1.29 is 24.2 Å². The third kappa shape index (κ3) is 6.68. The Kier molecular flexibility index (Phi) is 10.3. The number of rotatable bonds is 12. The lowest BCUT2D eigenvalue weighted by molar-refractivity contribution is -0.146. The lowest BCUT2D eigenvalue weighted by Crippen LogP contribution is -2.51. The number of hydrogen-bond donors (Lipinski definition) is 1. The van der Waals surface area contributed by atoms with Crippen molar-refractivity contribution in [1.82, 2.24) is 15.0 Å². The van der Waals surface area contributed by atoms with E-state index in [-0.39, 0.29) is 48.4 Å². The Labute approximate surface area is 372 Å². The molecule has 3 aliphatic rings. The second-order valence-electron chi connectivity index (χ2n) is 17.5. The molecule has 4 heterocycles. The number of fused-ring (bicyclic) bond motifs is 2. The molecule has 63 heavy (non-hydrogen) atoms. The number of aliphatic hydroxyl groups excluding tert-OH is 1. The second-order valence-corrected chi connectivity index (χ2v) is 22.7. The zero-order chi connectivity index (χ0) is 43.6. The summed E-state index contributed by atoms with van der Waals surface area (Å²) < 4.78 is 14.8. The average Bonchev–Trinajstić information content (AvgIpc) is 4.03. The standard InChI is InChI=1S/C51H48ClN5O5Si/c1-32-48(63(3,4)39-22-20-38(61-2)21-23-39)46(25-26-55-30-43(53-54-55)41(31-58)34-12-6-5-7-13-34)62-51(32)42-28-36(52)19-24-44(42)56(50(51)60)29-33-11-8-16-37(27-33)57-45-18-10-15-35-14-9-17-40(47(35)45)49(57)59/h5-24,27-28,30,32,41,46,48,58H,25-26,29,31H2,1-4H3/t32-,41?,46+,48-,51+/m1/s1. The van der Waals surface area contributed by atoms with E-state index in [4.69, 9.17) is 21.1 Å². The van der Waals surface area contributed by atoms with E-state index in [1.165, 1.54) is 5.19 Å². The fraction of sp³-hybridized carbons (Fsp3) is 0.255. The number of halogens is 1. The predicted octanol–water partition coefficient (Wildman–Crippen LogP) is 9.36. The normalized spacial score (nSPS) is 20.9. The Bertz CT molecular complexity index is 2880. The predicted molar refractivity (Wildman–Crippen MR) is 249 cm³/mol. The summed E-state index contributed by atoms with van der Waals surface area (Å²) in [7, 11) is -0.768. The molecule has 1 N–H and O–H groups in total. The van der Waals surface area contributed by atoms with Gasteiger partial charge in [-0.3, -0.25) is 19.2 Å². The summed E-state index contributed by atoms with van der Waals surface area (Å²) in [5.74, 6) is 0.0460. The topological polar surface area (TPSA) is 110 Å². The van der Waals surface area contributed by atoms with E-state index in [1.807, 2.05) is 137 Å². The van der Waals surface area contributed by atoms with Gasteiger partial charge in [-0.15, -0.1) is 5.10 Å². The lowest BCUT2D eigenvalue weighted by Gasteiger charge is -2.37. The Balaban J connectivity index is 0.995. The van der Waals surface area contributed by atoms with E-state index in [0.717, 1.165) is 50.3 Å². The second kappa shape index (κ2) is 15.9. The summed E-state index contributed by atoms with van der Waals surface area (Å²) in [4.78, 5) is 33.1. The molecule has 2 amide bonds. The SMILES string of the molecule is COc1ccc([Si](C)(C)[C@H]2[C@H](CCn3cc(C(CO)c4ccccc4)nn3)O[C@@]3(C(=O)N(Cc4cccc(N5C(=O)c6cccc7cccc5c67)c4)c4ccc(Cl)cc43)[C@@H]2C)cc1. The quantitative estimate of drug-likeness (QED) is 0.122. The van der Waals surface area contributed by atoms with Gasteiger partial charge < -0.3 is 19.5 Å². The van der Waals surface area contributed by atoms with Gasteiger partial charge in [-0.1, -0.05) is 121 Å². The van der Waals surface area contributed by atoms with Gasteiger partial charge in [-0.2, -0.15) is 0 Å². The molecule has 0 bridgehead atoms. The van der Waals surface area contributed by atoms with Crippen LogP contribution in [-0.4, -0.2) is 59.8 Å². The van der Waals surface area contributed by atoms with Crippen molar-refractivity contribution in [3.63, 3.8) is 0 Å². The number of hydrogen-bond acceptors (Lipinski definition) is 7. The van der Waals surface area contributed by atoms with Crippen LogP contribution < -0.4 is 19.7 Å². The molecule has 10 rings (SSSR count). The number of benzene rings is 6. The highest BCUT2D eigenvalue weighted by Crippen LogP contribution is 2.60. The summed E-state index contributed by atoms with van der Waals surface area (Å²) in [5.41, 5.74) is 5.01. The van der Waals surface area contributed by atoms with Gasteiger partial charge in [-0.05, 0) is 83.1 Å². The first kappa shape index (κ1) is 40.9. The monoisotopic (exact) mass is 873 g/mol. The summed E-state index contributed by atoms with van der Waals surface area (Å²) in [6.07, 6.45) is 2.15. The van der Waals surface area contributed by atoms with Gasteiger partial charge in [0.1, 0.15) is 5.75 Å². The Morgan fingerprint density at radius 1 is 0.889 bits per heavy atom. The number of carbonyl (C=O) groups excluding carboxylic acids is 2. The van der Waals surface area contributed by atoms with E-state index in [9.17, 15) is 9.90 Å².